The zero-order valence-electron chi connectivity index (χ0n) is 17.4. The summed E-state index contributed by atoms with van der Waals surface area (Å²) >= 11 is 0. The molecule has 6 nitrogen and oxygen atoms in total. The van der Waals surface area contributed by atoms with Gasteiger partial charge >= 0.3 is 0 Å². The Hall–Kier alpha value is -2.57. The molecule has 2 N–H and O–H groups in total. The van der Waals surface area contributed by atoms with Gasteiger partial charge in [0.1, 0.15) is 11.5 Å². The zero-order chi connectivity index (χ0) is 20.5. The molecule has 0 spiro atoms. The van der Waals surface area contributed by atoms with Crippen molar-refractivity contribution < 1.29 is 14.2 Å². The van der Waals surface area contributed by atoms with Gasteiger partial charge in [0.05, 0.1) is 30.1 Å². The fourth-order valence-electron chi connectivity index (χ4n) is 3.32. The van der Waals surface area contributed by atoms with Crippen LogP contribution in [0.5, 0.6) is 11.5 Å². The van der Waals surface area contributed by atoms with Gasteiger partial charge in [-0.15, -0.1) is 0 Å². The first kappa shape index (κ1) is 21.1. The van der Waals surface area contributed by atoms with E-state index in [2.05, 4.69) is 24.5 Å². The fourth-order valence-corrected chi connectivity index (χ4v) is 3.32. The highest BCUT2D eigenvalue weighted by molar-refractivity contribution is 6.04. The Labute approximate surface area is 172 Å². The summed E-state index contributed by atoms with van der Waals surface area (Å²) in [5, 5.41) is 22.0. The molecule has 1 heterocycles. The van der Waals surface area contributed by atoms with E-state index in [4.69, 9.17) is 9.47 Å². The molecule has 156 valence electrons. The van der Waals surface area contributed by atoms with Crippen LogP contribution in [-0.4, -0.2) is 39.4 Å². The summed E-state index contributed by atoms with van der Waals surface area (Å²) in [6.45, 7) is 9.24. The van der Waals surface area contributed by atoms with E-state index in [1.54, 1.807) is 6.20 Å². The molecule has 3 aromatic rings. The molecular weight excluding hydrogens is 366 g/mol. The third-order valence-corrected chi connectivity index (χ3v) is 4.81. The lowest BCUT2D eigenvalue weighted by Crippen LogP contribution is -2.26. The van der Waals surface area contributed by atoms with Crippen LogP contribution in [0, 0.1) is 5.21 Å². The van der Waals surface area contributed by atoms with Crippen molar-refractivity contribution in [2.45, 2.75) is 26.7 Å². The van der Waals surface area contributed by atoms with Gasteiger partial charge in [-0.1, -0.05) is 13.8 Å². The van der Waals surface area contributed by atoms with Crippen LogP contribution in [0.2, 0.25) is 0 Å². The number of pyridine rings is 1. The van der Waals surface area contributed by atoms with E-state index < -0.39 is 0 Å². The van der Waals surface area contributed by atoms with E-state index in [9.17, 15) is 5.21 Å². The summed E-state index contributed by atoms with van der Waals surface area (Å²) in [6.07, 6.45) is 3.48. The minimum absolute atomic E-state index is 0.612. The predicted octanol–water partition coefficient (Wildman–Crippen LogP) is 3.38. The maximum atomic E-state index is 12.6. The first-order chi connectivity index (χ1) is 14.2. The highest BCUT2D eigenvalue weighted by atomic mass is 16.5. The van der Waals surface area contributed by atoms with E-state index in [0.29, 0.717) is 18.7 Å². The zero-order valence-corrected chi connectivity index (χ0v) is 17.4. The third-order valence-electron chi connectivity index (χ3n) is 4.81. The maximum Gasteiger partial charge on any atom is 0.228 e. The van der Waals surface area contributed by atoms with Crippen molar-refractivity contribution in [3.05, 3.63) is 47.8 Å². The summed E-state index contributed by atoms with van der Waals surface area (Å²) in [4.78, 5) is 0. The lowest BCUT2D eigenvalue weighted by Gasteiger charge is -2.11. The van der Waals surface area contributed by atoms with E-state index in [-0.39, 0.29) is 0 Å². The van der Waals surface area contributed by atoms with Gasteiger partial charge in [-0.3, -0.25) is 0 Å². The average molecular weight is 398 g/mol. The van der Waals surface area contributed by atoms with Crippen LogP contribution < -0.4 is 24.8 Å². The smallest absolute Gasteiger partial charge is 0.228 e. The minimum Gasteiger partial charge on any atom is -0.618 e. The fraction of sp³-hybridized carbons (Fsp3) is 0.435. The highest BCUT2D eigenvalue weighted by Crippen LogP contribution is 2.28. The number of aromatic nitrogens is 1. The van der Waals surface area contributed by atoms with Gasteiger partial charge < -0.3 is 25.3 Å². The molecule has 0 radical (unpaired) electrons. The van der Waals surface area contributed by atoms with Gasteiger partial charge in [0.25, 0.3) is 0 Å². The van der Waals surface area contributed by atoms with Gasteiger partial charge in [0, 0.05) is 5.39 Å². The maximum absolute atomic E-state index is 12.6. The topological polar surface area (TPSA) is 69.5 Å². The third kappa shape index (κ3) is 5.71. The molecule has 0 bridgehead atoms. The van der Waals surface area contributed by atoms with Crippen molar-refractivity contribution in [1.82, 2.24) is 10.6 Å². The van der Waals surface area contributed by atoms with Crippen molar-refractivity contribution in [3.8, 4) is 11.5 Å². The summed E-state index contributed by atoms with van der Waals surface area (Å²) in [5.41, 5.74) is 0.612. The molecule has 0 aliphatic carbocycles. The quantitative estimate of drug-likeness (QED) is 0.212. The number of rotatable bonds is 12. The number of ether oxygens (including phenoxy) is 2. The lowest BCUT2D eigenvalue weighted by molar-refractivity contribution is -0.575. The molecule has 0 aliphatic rings. The molecule has 0 amide bonds. The van der Waals surface area contributed by atoms with Crippen molar-refractivity contribution >= 4 is 21.7 Å². The van der Waals surface area contributed by atoms with Gasteiger partial charge in [-0.25, -0.2) is 0 Å². The van der Waals surface area contributed by atoms with Crippen molar-refractivity contribution in [2.75, 3.05) is 39.4 Å². The summed E-state index contributed by atoms with van der Waals surface area (Å²) < 4.78 is 12.5. The Morgan fingerprint density at radius 1 is 0.828 bits per heavy atom. The molecule has 29 heavy (non-hydrogen) atoms. The van der Waals surface area contributed by atoms with Crippen molar-refractivity contribution in [2.24, 2.45) is 0 Å². The van der Waals surface area contributed by atoms with Gasteiger partial charge in [-0.2, -0.15) is 4.73 Å². The van der Waals surface area contributed by atoms with Crippen LogP contribution in [0.15, 0.2) is 42.6 Å². The molecule has 0 atom stereocenters. The van der Waals surface area contributed by atoms with Crippen molar-refractivity contribution in [3.63, 3.8) is 0 Å². The molecular formula is C23H31N3O3. The Balaban J connectivity index is 1.73. The highest BCUT2D eigenvalue weighted by Gasteiger charge is 2.12. The van der Waals surface area contributed by atoms with E-state index in [0.717, 1.165) is 71.4 Å². The van der Waals surface area contributed by atoms with E-state index in [1.165, 1.54) is 0 Å². The second kappa shape index (κ2) is 10.8. The second-order valence-corrected chi connectivity index (χ2v) is 6.99. The number of nitrogens with zero attached hydrogens (tertiary/aromatic N) is 1. The minimum atomic E-state index is 0.612. The number of fused-ring (bicyclic) bond motifs is 3. The lowest BCUT2D eigenvalue weighted by atomic mass is 10.1. The van der Waals surface area contributed by atoms with Crippen LogP contribution in [0.1, 0.15) is 26.7 Å². The number of hydrogen-bond donors (Lipinski definition) is 2. The molecule has 0 saturated heterocycles. The van der Waals surface area contributed by atoms with Gasteiger partial charge in [0.2, 0.25) is 5.52 Å². The second-order valence-electron chi connectivity index (χ2n) is 6.99. The molecule has 6 heteroatoms. The van der Waals surface area contributed by atoms with Crippen LogP contribution in [0.3, 0.4) is 0 Å². The monoisotopic (exact) mass is 397 g/mol. The molecule has 1 aromatic heterocycles. The van der Waals surface area contributed by atoms with Crippen LogP contribution >= 0.6 is 0 Å². The Bertz CT molecular complexity index is 930. The molecule has 2 aromatic carbocycles. The molecule has 0 fully saturated rings. The van der Waals surface area contributed by atoms with Crippen LogP contribution in [-0.2, 0) is 0 Å². The number of hydrogen-bond acceptors (Lipinski definition) is 5. The summed E-state index contributed by atoms with van der Waals surface area (Å²) in [7, 11) is 0. The van der Waals surface area contributed by atoms with Gasteiger partial charge in [-0.05, 0) is 69.4 Å². The normalized spacial score (nSPS) is 11.2. The van der Waals surface area contributed by atoms with Gasteiger partial charge in [0.15, 0.2) is 6.20 Å². The molecule has 0 aliphatic heterocycles. The summed E-state index contributed by atoms with van der Waals surface area (Å²) in [6, 6.07) is 11.6. The first-order valence-corrected chi connectivity index (χ1v) is 10.5. The Morgan fingerprint density at radius 3 is 2.03 bits per heavy atom. The Kier molecular flexibility index (Phi) is 7.90. The SMILES string of the molecule is CCNCCCOc1ccc2c(c1)c[n+]([O-])c1cc(OCCCNCC)ccc21. The predicted molar refractivity (Wildman–Crippen MR) is 118 cm³/mol. The van der Waals surface area contributed by atoms with E-state index in [1.807, 2.05) is 36.4 Å². The largest absolute Gasteiger partial charge is 0.618 e. The van der Waals surface area contributed by atoms with Crippen LogP contribution in [0.25, 0.3) is 21.7 Å². The molecule has 0 saturated carbocycles. The first-order valence-electron chi connectivity index (χ1n) is 10.5. The Morgan fingerprint density at radius 2 is 1.41 bits per heavy atom. The van der Waals surface area contributed by atoms with Crippen molar-refractivity contribution in [1.29, 1.82) is 0 Å². The molecule has 3 rings (SSSR count). The number of nitrogens with one attached hydrogen (secondary N) is 2. The van der Waals surface area contributed by atoms with E-state index >= 15 is 0 Å². The number of benzene rings is 2. The average Bonchev–Trinajstić information content (AvgIpc) is 2.73. The molecule has 0 unspecified atom stereocenters. The van der Waals surface area contributed by atoms with Crippen LogP contribution in [0.4, 0.5) is 0 Å². The standard InChI is InChI=1S/C23H31N3O3/c1-3-24-11-5-13-28-19-7-9-21-18(15-19)17-26(27)23-16-20(8-10-22(21)23)29-14-6-12-25-4-2/h7-10,15-17,24-25H,3-6,11-14H2,1-2H3. The summed E-state index contributed by atoms with van der Waals surface area (Å²) in [5.74, 6) is 1.51.